The van der Waals surface area contributed by atoms with Gasteiger partial charge in [-0.25, -0.2) is 19.1 Å². The van der Waals surface area contributed by atoms with Gasteiger partial charge < -0.3 is 20.2 Å². The number of carbonyl (C=O) groups excluding carboxylic acids is 3. The quantitative estimate of drug-likeness (QED) is 0.126. The van der Waals surface area contributed by atoms with Crippen molar-refractivity contribution in [2.24, 2.45) is 0 Å². The van der Waals surface area contributed by atoms with Crippen LogP contribution in [0.3, 0.4) is 0 Å². The fourth-order valence-corrected chi connectivity index (χ4v) is 4.16. The third kappa shape index (κ3) is 7.77. The number of nitrogens with zero attached hydrogens (tertiary/aromatic N) is 2. The van der Waals surface area contributed by atoms with Crippen LogP contribution in [-0.4, -0.2) is 62.4 Å². The fraction of sp³-hybridized carbons (Fsp3) is 0.194. The molecule has 13 nitrogen and oxygen atoms in total. The average Bonchev–Trinajstić information content (AvgIpc) is 2.99. The van der Waals surface area contributed by atoms with Crippen molar-refractivity contribution in [2.45, 2.75) is 20.8 Å². The van der Waals surface area contributed by atoms with Crippen LogP contribution in [0.4, 0.5) is 10.5 Å². The molecule has 1 saturated heterocycles. The predicted octanol–water partition coefficient (Wildman–Crippen LogP) is 1.35. The number of rotatable bonds is 8. The average molecular weight is 605 g/mol. The first kappa shape index (κ1) is 32.8. The van der Waals surface area contributed by atoms with E-state index in [0.717, 1.165) is 15.5 Å². The summed E-state index contributed by atoms with van der Waals surface area (Å²) >= 11 is 0. The summed E-state index contributed by atoms with van der Waals surface area (Å²) in [6, 6.07) is 9.62. The van der Waals surface area contributed by atoms with Crippen LogP contribution in [0.25, 0.3) is 11.8 Å². The van der Waals surface area contributed by atoms with E-state index >= 15 is 0 Å². The molecular weight excluding hydrogens is 570 g/mol. The lowest BCUT2D eigenvalue weighted by molar-refractivity contribution is -0.894. The van der Waals surface area contributed by atoms with Crippen molar-refractivity contribution >= 4 is 29.6 Å². The lowest BCUT2D eigenvalue weighted by atomic mass is 10.1. The summed E-state index contributed by atoms with van der Waals surface area (Å²) in [6.45, 7) is 10.5. The largest absolute Gasteiger partial charge is 0.508 e. The molecule has 44 heavy (non-hydrogen) atoms. The number of benzene rings is 2. The van der Waals surface area contributed by atoms with Gasteiger partial charge in [0.2, 0.25) is 5.88 Å². The van der Waals surface area contributed by atoms with Crippen molar-refractivity contribution in [2.75, 3.05) is 24.5 Å². The Morgan fingerprint density at radius 3 is 1.82 bits per heavy atom. The number of quaternary nitrogens is 1. The molecule has 0 radical (unpaired) electrons. The van der Waals surface area contributed by atoms with Gasteiger partial charge in [0.15, 0.2) is 0 Å². The monoisotopic (exact) mass is 604 g/mol. The molecule has 1 aliphatic heterocycles. The topological polar surface area (TPSA) is 186 Å². The maximum Gasteiger partial charge on any atom is 0.335 e. The Bertz CT molecular complexity index is 1710. The third-order valence-corrected chi connectivity index (χ3v) is 6.69. The summed E-state index contributed by atoms with van der Waals surface area (Å²) in [5.41, 5.74) is -2.01. The number of allylic oxidation sites excluding steroid dienone is 4. The predicted molar refractivity (Wildman–Crippen MR) is 164 cm³/mol. The second kappa shape index (κ2) is 15.0. The highest BCUT2D eigenvalue weighted by Crippen LogP contribution is 2.23. The molecule has 2 aromatic carbocycles. The van der Waals surface area contributed by atoms with E-state index < -0.39 is 35.0 Å². The molecule has 6 N–H and O–H groups in total. The van der Waals surface area contributed by atoms with Crippen LogP contribution in [0, 0.1) is 0 Å². The number of aromatic amines is 1. The van der Waals surface area contributed by atoms with Crippen LogP contribution >= 0.6 is 0 Å². The van der Waals surface area contributed by atoms with Gasteiger partial charge in [-0.3, -0.25) is 24.7 Å². The molecule has 0 bridgehead atoms. The molecule has 3 aromatic rings. The Morgan fingerprint density at radius 1 is 0.750 bits per heavy atom. The van der Waals surface area contributed by atoms with Gasteiger partial charge >= 0.3 is 11.7 Å². The Kier molecular flexibility index (Phi) is 11.2. The summed E-state index contributed by atoms with van der Waals surface area (Å²) in [4.78, 5) is 66.0. The van der Waals surface area contributed by atoms with E-state index in [9.17, 15) is 39.3 Å². The zero-order valence-electron chi connectivity index (χ0n) is 24.4. The number of hydrogen-bond donors (Lipinski definition) is 6. The van der Waals surface area contributed by atoms with Gasteiger partial charge in [0, 0.05) is 0 Å². The van der Waals surface area contributed by atoms with E-state index in [1.165, 1.54) is 92.5 Å². The zero-order chi connectivity index (χ0) is 32.4. The normalized spacial score (nSPS) is 14.4. The van der Waals surface area contributed by atoms with E-state index in [1.54, 1.807) is 4.90 Å². The zero-order valence-corrected chi connectivity index (χ0v) is 24.4. The highest BCUT2D eigenvalue weighted by atomic mass is 16.3. The number of carbonyl (C=O) groups is 3. The SMILES string of the molecule is CC[NH+](CC)CC.O=C1NC(=O)N(c2ccc(O)cc2)C(=O)/C1=C/C=C/C=C/c1c(O)n(-c2ccc(O)cc2)c(=O)[nH]c1=O. The Hall–Kier alpha value is -5.69. The van der Waals surface area contributed by atoms with Crippen molar-refractivity contribution in [3.8, 4) is 23.1 Å². The number of aromatic nitrogens is 2. The van der Waals surface area contributed by atoms with Crippen molar-refractivity contribution in [1.29, 1.82) is 0 Å². The molecule has 4 amide bonds. The van der Waals surface area contributed by atoms with Crippen molar-refractivity contribution in [3.63, 3.8) is 0 Å². The summed E-state index contributed by atoms with van der Waals surface area (Å²) in [7, 11) is 0. The maximum atomic E-state index is 12.8. The Balaban J connectivity index is 0.000000676. The number of H-pyrrole nitrogens is 1. The first-order valence-corrected chi connectivity index (χ1v) is 13.8. The van der Waals surface area contributed by atoms with Crippen LogP contribution in [0.5, 0.6) is 17.4 Å². The Morgan fingerprint density at radius 2 is 1.30 bits per heavy atom. The Labute approximate surface area is 252 Å². The van der Waals surface area contributed by atoms with Gasteiger partial charge in [-0.05, 0) is 81.5 Å². The molecule has 4 rings (SSSR count). The lowest BCUT2D eigenvalue weighted by Crippen LogP contribution is -3.11. The molecule has 230 valence electrons. The molecule has 13 heteroatoms. The van der Waals surface area contributed by atoms with Crippen LogP contribution in [0.2, 0.25) is 0 Å². The highest BCUT2D eigenvalue weighted by Gasteiger charge is 2.36. The minimum absolute atomic E-state index is 0.0548. The van der Waals surface area contributed by atoms with E-state index in [2.05, 4.69) is 31.1 Å². The fourth-order valence-electron chi connectivity index (χ4n) is 4.16. The number of hydrogen-bond acceptors (Lipinski definition) is 8. The summed E-state index contributed by atoms with van der Waals surface area (Å²) in [6.07, 6.45) is 6.33. The number of anilines is 1. The number of phenols is 2. The van der Waals surface area contributed by atoms with E-state index in [1.807, 2.05) is 0 Å². The first-order chi connectivity index (χ1) is 21.0. The highest BCUT2D eigenvalue weighted by molar-refractivity contribution is 6.37. The molecule has 1 fully saturated rings. The van der Waals surface area contributed by atoms with Gasteiger partial charge in [0.25, 0.3) is 17.4 Å². The second-order valence-corrected chi connectivity index (χ2v) is 9.40. The second-order valence-electron chi connectivity index (χ2n) is 9.40. The number of nitrogens with one attached hydrogen (secondary N) is 3. The van der Waals surface area contributed by atoms with E-state index in [4.69, 9.17) is 0 Å². The first-order valence-electron chi connectivity index (χ1n) is 13.8. The molecule has 1 aliphatic rings. The molecular formula is C31H34N5O8+. The molecule has 0 unspecified atom stereocenters. The number of imide groups is 2. The van der Waals surface area contributed by atoms with Crippen LogP contribution in [0.1, 0.15) is 26.3 Å². The minimum atomic E-state index is -0.944. The number of barbiturate groups is 1. The van der Waals surface area contributed by atoms with Gasteiger partial charge in [-0.15, -0.1) is 0 Å². The number of urea groups is 1. The number of aromatic hydroxyl groups is 3. The van der Waals surface area contributed by atoms with Gasteiger partial charge in [-0.2, -0.15) is 0 Å². The number of phenolic OH excluding ortho intramolecular Hbond substituents is 2. The molecule has 1 aromatic heterocycles. The van der Waals surface area contributed by atoms with Crippen LogP contribution in [-0.2, 0) is 9.59 Å². The third-order valence-electron chi connectivity index (χ3n) is 6.69. The van der Waals surface area contributed by atoms with E-state index in [-0.39, 0.29) is 34.0 Å². The maximum absolute atomic E-state index is 12.8. The lowest BCUT2D eigenvalue weighted by Gasteiger charge is -2.26. The van der Waals surface area contributed by atoms with Gasteiger partial charge in [0.1, 0.15) is 22.6 Å². The molecule has 0 atom stereocenters. The molecule has 2 heterocycles. The van der Waals surface area contributed by atoms with Crippen LogP contribution < -0.4 is 26.4 Å². The molecule has 0 spiro atoms. The van der Waals surface area contributed by atoms with Gasteiger partial charge in [0.05, 0.1) is 31.0 Å². The molecule has 0 saturated carbocycles. The van der Waals surface area contributed by atoms with Crippen molar-refractivity contribution in [3.05, 3.63) is 105 Å². The van der Waals surface area contributed by atoms with E-state index in [0.29, 0.717) is 0 Å². The van der Waals surface area contributed by atoms with Gasteiger partial charge in [-0.1, -0.05) is 18.2 Å². The summed E-state index contributed by atoms with van der Waals surface area (Å²) < 4.78 is 0.839. The van der Waals surface area contributed by atoms with Crippen LogP contribution in [0.15, 0.2) is 88.0 Å². The molecule has 0 aliphatic carbocycles. The minimum Gasteiger partial charge on any atom is -0.508 e. The smallest absolute Gasteiger partial charge is 0.335 e. The summed E-state index contributed by atoms with van der Waals surface area (Å²) in [5, 5.41) is 31.4. The standard InChI is InChI=1S/C25H18N4O8.C6H15N/c30-16-10-6-14(7-11-16)28-22(34)18(20(32)26-24(28)36)4-2-1-3-5-19-21(33)27-25(37)29(23(19)35)15-8-12-17(31)13-9-15;1-4-7(5-2)6-3/h1-13,30-31,34H,(H,26,32,36)(H,27,33,37);4-6H2,1-3H3/p+1/b3-1+,4-2+,19-5+;. The van der Waals surface area contributed by atoms with Crippen molar-refractivity contribution in [1.82, 2.24) is 14.9 Å². The summed E-state index contributed by atoms with van der Waals surface area (Å²) in [5.74, 6) is -2.57. The van der Waals surface area contributed by atoms with Crippen molar-refractivity contribution < 1.29 is 34.6 Å². The number of amides is 4.